The molecule has 0 aromatic heterocycles. The molecule has 11 heavy (non-hydrogen) atoms. The van der Waals surface area contributed by atoms with Crippen LogP contribution in [0, 0.1) is 0 Å². The van der Waals surface area contributed by atoms with Gasteiger partial charge in [-0.15, -0.1) is 11.6 Å². The molecule has 1 aromatic rings. The average molecular weight is 167 g/mol. The number of rotatable bonds is 3. The molecule has 1 heteroatoms. The predicted octanol–water partition coefficient (Wildman–Crippen LogP) is 3.33. The van der Waals surface area contributed by atoms with Gasteiger partial charge in [0, 0.05) is 5.88 Å². The van der Waals surface area contributed by atoms with Crippen LogP contribution in [0.4, 0.5) is 0 Å². The molecule has 1 aromatic carbocycles. The molecule has 0 aliphatic heterocycles. The Morgan fingerprint density at radius 3 is 2.45 bits per heavy atom. The highest BCUT2D eigenvalue weighted by Crippen LogP contribution is 2.15. The van der Waals surface area contributed by atoms with Gasteiger partial charge in [-0.25, -0.2) is 0 Å². The first kappa shape index (κ1) is 8.35. The Hall–Kier alpha value is -0.750. The fourth-order valence-electron chi connectivity index (χ4n) is 0.932. The van der Waals surface area contributed by atoms with Crippen molar-refractivity contribution in [2.45, 2.75) is 6.42 Å². The van der Waals surface area contributed by atoms with Crippen molar-refractivity contribution in [3.05, 3.63) is 42.5 Å². The largest absolute Gasteiger partial charge is 0.126 e. The zero-order chi connectivity index (χ0) is 8.10. The van der Waals surface area contributed by atoms with Gasteiger partial charge in [0.2, 0.25) is 0 Å². The molecule has 0 atom stereocenters. The van der Waals surface area contributed by atoms with Crippen LogP contribution < -0.4 is 0 Å². The minimum atomic E-state index is 0.647. The molecule has 0 N–H and O–H groups in total. The Morgan fingerprint density at radius 2 is 1.91 bits per heavy atom. The van der Waals surface area contributed by atoms with Crippen LogP contribution in [0.25, 0.3) is 5.57 Å². The Bertz CT molecular complexity index is 226. The highest BCUT2D eigenvalue weighted by atomic mass is 35.5. The van der Waals surface area contributed by atoms with E-state index in [-0.39, 0.29) is 0 Å². The lowest BCUT2D eigenvalue weighted by atomic mass is 10.1. The lowest BCUT2D eigenvalue weighted by molar-refractivity contribution is 1.25. The van der Waals surface area contributed by atoms with Crippen molar-refractivity contribution in [3.63, 3.8) is 0 Å². The minimum absolute atomic E-state index is 0.647. The average Bonchev–Trinajstić information content (AvgIpc) is 2.07. The molecular weight excluding hydrogens is 156 g/mol. The number of hydrogen-bond acceptors (Lipinski definition) is 0. The first-order valence-corrected chi connectivity index (χ1v) is 4.17. The van der Waals surface area contributed by atoms with E-state index in [0.29, 0.717) is 5.88 Å². The number of hydrogen-bond donors (Lipinski definition) is 0. The van der Waals surface area contributed by atoms with E-state index in [1.165, 1.54) is 5.56 Å². The van der Waals surface area contributed by atoms with Crippen LogP contribution in [0.5, 0.6) is 0 Å². The van der Waals surface area contributed by atoms with E-state index in [1.54, 1.807) is 0 Å². The van der Waals surface area contributed by atoms with Crippen molar-refractivity contribution < 1.29 is 0 Å². The van der Waals surface area contributed by atoms with E-state index in [9.17, 15) is 0 Å². The molecule has 0 radical (unpaired) electrons. The van der Waals surface area contributed by atoms with Crippen molar-refractivity contribution >= 4 is 17.2 Å². The molecule has 0 aliphatic carbocycles. The molecule has 0 unspecified atom stereocenters. The van der Waals surface area contributed by atoms with Crippen molar-refractivity contribution in [3.8, 4) is 0 Å². The van der Waals surface area contributed by atoms with E-state index < -0.39 is 0 Å². The zero-order valence-electron chi connectivity index (χ0n) is 6.39. The summed E-state index contributed by atoms with van der Waals surface area (Å²) in [4.78, 5) is 0. The van der Waals surface area contributed by atoms with Gasteiger partial charge in [-0.3, -0.25) is 0 Å². The maximum Gasteiger partial charge on any atom is 0.0263 e. The molecule has 0 aliphatic rings. The Morgan fingerprint density at radius 1 is 1.27 bits per heavy atom. The predicted molar refractivity (Wildman–Crippen MR) is 50.8 cm³/mol. The molecule has 1 rings (SSSR count). The summed E-state index contributed by atoms with van der Waals surface area (Å²) in [6.07, 6.45) is 0.867. The third-order valence-electron chi connectivity index (χ3n) is 1.58. The van der Waals surface area contributed by atoms with E-state index >= 15 is 0 Å². The highest BCUT2D eigenvalue weighted by Gasteiger charge is 1.94. The lowest BCUT2D eigenvalue weighted by Gasteiger charge is -2.01. The summed E-state index contributed by atoms with van der Waals surface area (Å²) in [6, 6.07) is 10.1. The first-order chi connectivity index (χ1) is 5.34. The van der Waals surface area contributed by atoms with Crippen molar-refractivity contribution in [2.75, 3.05) is 5.88 Å². The summed E-state index contributed by atoms with van der Waals surface area (Å²) in [5.41, 5.74) is 2.30. The Labute approximate surface area is 72.5 Å². The molecule has 0 heterocycles. The second-order valence-corrected chi connectivity index (χ2v) is 2.79. The molecule has 58 valence electrons. The monoisotopic (exact) mass is 166 g/mol. The number of alkyl halides is 1. The normalized spacial score (nSPS) is 9.55. The molecule has 0 nitrogen and oxygen atoms in total. The van der Waals surface area contributed by atoms with E-state index in [0.717, 1.165) is 12.0 Å². The zero-order valence-corrected chi connectivity index (χ0v) is 7.14. The summed E-state index contributed by atoms with van der Waals surface area (Å²) in [6.45, 7) is 3.93. The molecular formula is C10H11Cl. The van der Waals surface area contributed by atoms with E-state index in [1.807, 2.05) is 18.2 Å². The molecule has 0 bridgehead atoms. The van der Waals surface area contributed by atoms with Crippen LogP contribution in [0.2, 0.25) is 0 Å². The molecule has 0 fully saturated rings. The minimum Gasteiger partial charge on any atom is -0.126 e. The summed E-state index contributed by atoms with van der Waals surface area (Å²) in [7, 11) is 0. The van der Waals surface area contributed by atoms with E-state index in [4.69, 9.17) is 11.6 Å². The van der Waals surface area contributed by atoms with Gasteiger partial charge < -0.3 is 0 Å². The summed E-state index contributed by atoms with van der Waals surface area (Å²) >= 11 is 5.59. The van der Waals surface area contributed by atoms with Crippen LogP contribution in [0.1, 0.15) is 12.0 Å². The van der Waals surface area contributed by atoms with Gasteiger partial charge in [-0.2, -0.15) is 0 Å². The summed E-state index contributed by atoms with van der Waals surface area (Å²) in [5.74, 6) is 0.647. The highest BCUT2D eigenvalue weighted by molar-refractivity contribution is 6.18. The fraction of sp³-hybridized carbons (Fsp3) is 0.200. The maximum absolute atomic E-state index is 5.59. The van der Waals surface area contributed by atoms with Crippen molar-refractivity contribution in [1.82, 2.24) is 0 Å². The van der Waals surface area contributed by atoms with Gasteiger partial charge in [0.15, 0.2) is 0 Å². The first-order valence-electron chi connectivity index (χ1n) is 3.64. The second kappa shape index (κ2) is 4.20. The molecule has 0 amide bonds. The molecule has 0 saturated carbocycles. The quantitative estimate of drug-likeness (QED) is 0.605. The van der Waals surface area contributed by atoms with Crippen LogP contribution in [0.3, 0.4) is 0 Å². The van der Waals surface area contributed by atoms with Gasteiger partial charge >= 0.3 is 0 Å². The van der Waals surface area contributed by atoms with Crippen molar-refractivity contribution in [1.29, 1.82) is 0 Å². The van der Waals surface area contributed by atoms with Gasteiger partial charge in [0.1, 0.15) is 0 Å². The Kier molecular flexibility index (Phi) is 3.18. The SMILES string of the molecule is C=C(CCCl)c1ccccc1. The number of allylic oxidation sites excluding steroid dienone is 1. The smallest absolute Gasteiger partial charge is 0.0263 e. The number of benzene rings is 1. The van der Waals surface area contributed by atoms with Crippen molar-refractivity contribution in [2.24, 2.45) is 0 Å². The lowest BCUT2D eigenvalue weighted by Crippen LogP contribution is -1.82. The third-order valence-corrected chi connectivity index (χ3v) is 1.77. The second-order valence-electron chi connectivity index (χ2n) is 2.41. The topological polar surface area (TPSA) is 0 Å². The Balaban J connectivity index is 2.69. The van der Waals surface area contributed by atoms with Gasteiger partial charge in [-0.05, 0) is 17.6 Å². The summed E-state index contributed by atoms with van der Waals surface area (Å²) in [5, 5.41) is 0. The van der Waals surface area contributed by atoms with Crippen LogP contribution in [-0.2, 0) is 0 Å². The molecule has 0 spiro atoms. The fourth-order valence-corrected chi connectivity index (χ4v) is 1.16. The van der Waals surface area contributed by atoms with Gasteiger partial charge in [0.05, 0.1) is 0 Å². The standard InChI is InChI=1S/C10H11Cl/c1-9(7-8-11)10-5-3-2-4-6-10/h2-6H,1,7-8H2. The van der Waals surface area contributed by atoms with Gasteiger partial charge in [0.25, 0.3) is 0 Å². The number of halogens is 1. The maximum atomic E-state index is 5.59. The summed E-state index contributed by atoms with van der Waals surface area (Å²) < 4.78 is 0. The third kappa shape index (κ3) is 2.39. The molecule has 0 saturated heterocycles. The van der Waals surface area contributed by atoms with Crippen LogP contribution in [0.15, 0.2) is 36.9 Å². The van der Waals surface area contributed by atoms with Crippen LogP contribution in [-0.4, -0.2) is 5.88 Å². The van der Waals surface area contributed by atoms with Gasteiger partial charge in [-0.1, -0.05) is 36.9 Å². The van der Waals surface area contributed by atoms with E-state index in [2.05, 4.69) is 18.7 Å². The van der Waals surface area contributed by atoms with Crippen LogP contribution >= 0.6 is 11.6 Å².